The van der Waals surface area contributed by atoms with E-state index in [2.05, 4.69) is 26.1 Å². The van der Waals surface area contributed by atoms with Crippen LogP contribution < -0.4 is 0 Å². The van der Waals surface area contributed by atoms with E-state index in [1.807, 2.05) is 0 Å². The molecule has 1 aromatic heterocycles. The number of alkyl halides is 1. The Kier molecular flexibility index (Phi) is 3.61. The molecule has 7 heteroatoms. The van der Waals surface area contributed by atoms with Crippen LogP contribution in [0.25, 0.3) is 0 Å². The first-order valence-electron chi connectivity index (χ1n) is 3.61. The number of H-pyrrole nitrogens is 1. The van der Waals surface area contributed by atoms with Crippen molar-refractivity contribution in [3.05, 3.63) is 10.6 Å². The molecule has 0 saturated heterocycles. The summed E-state index contributed by atoms with van der Waals surface area (Å²) < 4.78 is 1.82. The lowest BCUT2D eigenvalue weighted by molar-refractivity contribution is 0.0677. The van der Waals surface area contributed by atoms with Gasteiger partial charge in [-0.2, -0.15) is 0 Å². The third-order valence-electron chi connectivity index (χ3n) is 1.46. The second kappa shape index (κ2) is 4.52. The van der Waals surface area contributed by atoms with Crippen molar-refractivity contribution < 1.29 is 9.90 Å². The molecule has 0 saturated carbocycles. The van der Waals surface area contributed by atoms with Gasteiger partial charge >= 0.3 is 5.97 Å². The molecule has 72 valence electrons. The number of hydrogen-bond acceptors (Lipinski definition) is 3. The van der Waals surface area contributed by atoms with Crippen molar-refractivity contribution in [2.24, 2.45) is 0 Å². The van der Waals surface area contributed by atoms with Crippen LogP contribution in [-0.2, 0) is 6.54 Å². The summed E-state index contributed by atoms with van der Waals surface area (Å²) in [5.41, 5.74) is 0. The molecule has 0 unspecified atom stereocenters. The highest BCUT2D eigenvalue weighted by atomic mass is 79.9. The number of nitrogens with zero attached hydrogens (tertiary/aromatic N) is 2. The van der Waals surface area contributed by atoms with Crippen molar-refractivity contribution in [3.63, 3.8) is 0 Å². The number of rotatable bonds is 4. The number of aromatic nitrogens is 3. The van der Waals surface area contributed by atoms with Gasteiger partial charge in [0.15, 0.2) is 4.77 Å². The topological polar surface area (TPSA) is 70.9 Å². The maximum atomic E-state index is 10.6. The minimum Gasteiger partial charge on any atom is -0.475 e. The van der Waals surface area contributed by atoms with Gasteiger partial charge in [-0.25, -0.2) is 4.79 Å². The van der Waals surface area contributed by atoms with Gasteiger partial charge in [0.25, 0.3) is 0 Å². The van der Waals surface area contributed by atoms with Gasteiger partial charge in [-0.15, -0.1) is 5.10 Å². The van der Waals surface area contributed by atoms with Crippen molar-refractivity contribution >= 4 is 34.1 Å². The minimum absolute atomic E-state index is 0.0362. The molecule has 5 nitrogen and oxygen atoms in total. The Bertz CT molecular complexity index is 359. The molecule has 0 spiro atoms. The monoisotopic (exact) mass is 265 g/mol. The van der Waals surface area contributed by atoms with E-state index < -0.39 is 5.97 Å². The predicted molar refractivity (Wildman–Crippen MR) is 52.8 cm³/mol. The molecule has 0 aromatic carbocycles. The van der Waals surface area contributed by atoms with Gasteiger partial charge in [-0.1, -0.05) is 15.9 Å². The zero-order valence-electron chi connectivity index (χ0n) is 6.66. The maximum absolute atomic E-state index is 10.6. The van der Waals surface area contributed by atoms with Crippen LogP contribution in [0.4, 0.5) is 0 Å². The van der Waals surface area contributed by atoms with Crippen LogP contribution in [0.1, 0.15) is 17.0 Å². The fourth-order valence-corrected chi connectivity index (χ4v) is 1.38. The van der Waals surface area contributed by atoms with Crippen LogP contribution in [0.3, 0.4) is 0 Å². The molecule has 0 aliphatic carbocycles. The van der Waals surface area contributed by atoms with Gasteiger partial charge in [0.2, 0.25) is 5.82 Å². The molecule has 0 atom stereocenters. The van der Waals surface area contributed by atoms with Crippen molar-refractivity contribution in [1.29, 1.82) is 0 Å². The predicted octanol–water partition coefficient (Wildman–Crippen LogP) is 1.42. The molecular formula is C6H8BrN3O2S. The Morgan fingerprint density at radius 3 is 3.00 bits per heavy atom. The molecule has 0 amide bonds. The van der Waals surface area contributed by atoms with Crippen LogP contribution >= 0.6 is 28.1 Å². The molecule has 13 heavy (non-hydrogen) atoms. The van der Waals surface area contributed by atoms with Crippen molar-refractivity contribution in [2.45, 2.75) is 13.0 Å². The van der Waals surface area contributed by atoms with E-state index in [9.17, 15) is 4.79 Å². The summed E-state index contributed by atoms with van der Waals surface area (Å²) >= 11 is 8.13. The number of carboxylic acid groups (broad SMARTS) is 1. The number of carbonyl (C=O) groups is 1. The molecule has 0 aliphatic rings. The summed E-state index contributed by atoms with van der Waals surface area (Å²) in [6.45, 7) is 0.558. The summed E-state index contributed by atoms with van der Waals surface area (Å²) in [7, 11) is 0. The van der Waals surface area contributed by atoms with Crippen LogP contribution in [0.2, 0.25) is 0 Å². The smallest absolute Gasteiger partial charge is 0.374 e. The van der Waals surface area contributed by atoms with Gasteiger partial charge in [-0.3, -0.25) is 9.67 Å². The quantitative estimate of drug-likeness (QED) is 0.638. The average molecular weight is 266 g/mol. The average Bonchev–Trinajstić information content (AvgIpc) is 2.43. The Labute approximate surface area is 87.9 Å². The second-order valence-electron chi connectivity index (χ2n) is 2.35. The third kappa shape index (κ3) is 2.38. The molecule has 1 rings (SSSR count). The summed E-state index contributed by atoms with van der Waals surface area (Å²) in [4.78, 5) is 10.6. The Hall–Kier alpha value is -0.690. The van der Waals surface area contributed by atoms with Gasteiger partial charge in [0, 0.05) is 11.9 Å². The second-order valence-corrected chi connectivity index (χ2v) is 3.53. The number of nitrogens with one attached hydrogen (secondary N) is 1. The minimum atomic E-state index is -1.07. The number of hydrogen-bond donors (Lipinski definition) is 2. The van der Waals surface area contributed by atoms with Crippen molar-refractivity contribution in [3.8, 4) is 0 Å². The van der Waals surface area contributed by atoms with Crippen molar-refractivity contribution in [2.75, 3.05) is 5.33 Å². The molecule has 0 radical (unpaired) electrons. The summed E-state index contributed by atoms with van der Waals surface area (Å²) in [6.07, 6.45) is 0.814. The zero-order valence-corrected chi connectivity index (χ0v) is 9.06. The van der Waals surface area contributed by atoms with Crippen LogP contribution in [0.15, 0.2) is 0 Å². The Morgan fingerprint density at radius 2 is 2.46 bits per heavy atom. The Morgan fingerprint density at radius 1 is 1.77 bits per heavy atom. The van der Waals surface area contributed by atoms with Crippen LogP contribution in [0.5, 0.6) is 0 Å². The van der Waals surface area contributed by atoms with E-state index in [0.717, 1.165) is 11.8 Å². The van der Waals surface area contributed by atoms with E-state index in [0.29, 0.717) is 11.3 Å². The largest absolute Gasteiger partial charge is 0.475 e. The molecule has 1 heterocycles. The summed E-state index contributed by atoms with van der Waals surface area (Å²) in [5.74, 6) is -1.10. The number of aromatic carboxylic acids is 1. The molecule has 2 N–H and O–H groups in total. The van der Waals surface area contributed by atoms with E-state index in [1.165, 1.54) is 4.57 Å². The highest BCUT2D eigenvalue weighted by Crippen LogP contribution is 2.01. The van der Waals surface area contributed by atoms with Crippen LogP contribution in [0, 0.1) is 4.77 Å². The molecule has 0 fully saturated rings. The lowest BCUT2D eigenvalue weighted by Crippen LogP contribution is -2.10. The van der Waals surface area contributed by atoms with Gasteiger partial charge in [-0.05, 0) is 18.6 Å². The summed E-state index contributed by atoms with van der Waals surface area (Å²) in [6, 6.07) is 0. The lowest BCUT2D eigenvalue weighted by Gasteiger charge is -2.00. The van der Waals surface area contributed by atoms with E-state index in [-0.39, 0.29) is 5.82 Å². The van der Waals surface area contributed by atoms with E-state index >= 15 is 0 Å². The maximum Gasteiger partial charge on any atom is 0.374 e. The van der Waals surface area contributed by atoms with Gasteiger partial charge in [0.1, 0.15) is 0 Å². The fourth-order valence-electron chi connectivity index (χ4n) is 0.906. The van der Waals surface area contributed by atoms with Crippen molar-refractivity contribution in [1.82, 2.24) is 14.8 Å². The third-order valence-corrected chi connectivity index (χ3v) is 2.34. The highest BCUT2D eigenvalue weighted by molar-refractivity contribution is 9.09. The normalized spacial score (nSPS) is 10.2. The van der Waals surface area contributed by atoms with Gasteiger partial charge in [0.05, 0.1) is 0 Å². The van der Waals surface area contributed by atoms with E-state index in [4.69, 9.17) is 17.3 Å². The first kappa shape index (κ1) is 10.4. The summed E-state index contributed by atoms with van der Waals surface area (Å²) in [5, 5.41) is 15.6. The molecular weight excluding hydrogens is 258 g/mol. The molecule has 0 aliphatic heterocycles. The molecule has 0 bridgehead atoms. The fraction of sp³-hybridized carbons (Fsp3) is 0.500. The number of aromatic amines is 1. The highest BCUT2D eigenvalue weighted by Gasteiger charge is 2.12. The number of carboxylic acids is 1. The number of halogens is 1. The first-order chi connectivity index (χ1) is 6.16. The zero-order chi connectivity index (χ0) is 9.84. The van der Waals surface area contributed by atoms with Gasteiger partial charge < -0.3 is 5.11 Å². The van der Waals surface area contributed by atoms with E-state index in [1.54, 1.807) is 0 Å². The standard InChI is InChI=1S/C6H8BrN3O2S/c7-2-1-3-10-4(5(11)12)8-9-6(10)13/h1-3H2,(H,9,13)(H,11,12). The Balaban J connectivity index is 2.95. The lowest BCUT2D eigenvalue weighted by atomic mass is 10.4. The molecule has 1 aromatic rings. The first-order valence-corrected chi connectivity index (χ1v) is 5.14. The SMILES string of the molecule is O=C(O)c1n[nH]c(=S)n1CCCBr. The van der Waals surface area contributed by atoms with Crippen LogP contribution in [-0.4, -0.2) is 31.2 Å².